The predicted octanol–water partition coefficient (Wildman–Crippen LogP) is 4.09. The molecule has 1 aromatic carbocycles. The van der Waals surface area contributed by atoms with Crippen molar-refractivity contribution in [2.75, 3.05) is 7.11 Å². The fraction of sp³-hybridized carbons (Fsp3) is 0.250. The number of carbonyl (C=O) groups excluding carboxylic acids is 2. The lowest BCUT2D eigenvalue weighted by Gasteiger charge is -2.11. The van der Waals surface area contributed by atoms with Crippen LogP contribution in [0.15, 0.2) is 46.9 Å². The first-order valence-electron chi connectivity index (χ1n) is 8.23. The van der Waals surface area contributed by atoms with Gasteiger partial charge in [-0.1, -0.05) is 32.0 Å². The number of ether oxygens (including phenoxy) is 2. The van der Waals surface area contributed by atoms with E-state index in [0.717, 1.165) is 16.6 Å². The summed E-state index contributed by atoms with van der Waals surface area (Å²) in [6.45, 7) is 3.95. The number of methoxy groups -OCH3 is 1. The van der Waals surface area contributed by atoms with Crippen molar-refractivity contribution >= 4 is 22.8 Å². The third-order valence-corrected chi connectivity index (χ3v) is 3.94. The van der Waals surface area contributed by atoms with Gasteiger partial charge in [-0.15, -0.1) is 0 Å². The van der Waals surface area contributed by atoms with E-state index >= 15 is 0 Å². The van der Waals surface area contributed by atoms with Crippen LogP contribution < -0.4 is 0 Å². The van der Waals surface area contributed by atoms with Crippen molar-refractivity contribution in [2.24, 2.45) is 0 Å². The molecular formula is C20H19NO5. The summed E-state index contributed by atoms with van der Waals surface area (Å²) in [7, 11) is 1.27. The lowest BCUT2D eigenvalue weighted by Crippen LogP contribution is -2.08. The molecule has 0 N–H and O–H groups in total. The summed E-state index contributed by atoms with van der Waals surface area (Å²) in [4.78, 5) is 28.6. The molecule has 0 aliphatic rings. The first-order chi connectivity index (χ1) is 12.5. The molecule has 3 rings (SSSR count). The maximum Gasteiger partial charge on any atom is 0.373 e. The molecule has 0 saturated heterocycles. The van der Waals surface area contributed by atoms with E-state index in [2.05, 4.69) is 9.72 Å². The van der Waals surface area contributed by atoms with E-state index in [4.69, 9.17) is 9.15 Å². The van der Waals surface area contributed by atoms with Gasteiger partial charge in [0.2, 0.25) is 5.76 Å². The van der Waals surface area contributed by atoms with E-state index in [-0.39, 0.29) is 18.3 Å². The molecule has 0 spiro atoms. The second kappa shape index (κ2) is 7.39. The summed E-state index contributed by atoms with van der Waals surface area (Å²) in [5.41, 5.74) is 2.03. The first kappa shape index (κ1) is 17.7. The molecule has 2 heterocycles. The van der Waals surface area contributed by atoms with Crippen LogP contribution >= 0.6 is 0 Å². The van der Waals surface area contributed by atoms with Gasteiger partial charge in [0, 0.05) is 11.1 Å². The van der Waals surface area contributed by atoms with Gasteiger partial charge in [0.1, 0.15) is 12.4 Å². The molecule has 0 amide bonds. The minimum absolute atomic E-state index is 0.0648. The number of hydrogen-bond acceptors (Lipinski definition) is 6. The van der Waals surface area contributed by atoms with Crippen molar-refractivity contribution in [3.63, 3.8) is 0 Å². The van der Waals surface area contributed by atoms with Gasteiger partial charge in [-0.25, -0.2) is 9.59 Å². The van der Waals surface area contributed by atoms with Crippen LogP contribution in [0, 0.1) is 0 Å². The van der Waals surface area contributed by atoms with Crippen molar-refractivity contribution in [3.8, 4) is 0 Å². The molecule has 2 aromatic heterocycles. The molecular weight excluding hydrogens is 334 g/mol. The van der Waals surface area contributed by atoms with Gasteiger partial charge in [0.15, 0.2) is 0 Å². The van der Waals surface area contributed by atoms with Crippen LogP contribution in [0.4, 0.5) is 0 Å². The summed E-state index contributed by atoms with van der Waals surface area (Å²) in [5, 5.41) is 0.733. The van der Waals surface area contributed by atoms with E-state index in [1.807, 2.05) is 38.1 Å². The Morgan fingerprint density at radius 2 is 1.88 bits per heavy atom. The van der Waals surface area contributed by atoms with Gasteiger partial charge < -0.3 is 13.9 Å². The van der Waals surface area contributed by atoms with Gasteiger partial charge in [-0.2, -0.15) is 0 Å². The number of benzene rings is 1. The van der Waals surface area contributed by atoms with Crippen LogP contribution in [0.25, 0.3) is 10.9 Å². The van der Waals surface area contributed by atoms with Crippen LogP contribution in [-0.4, -0.2) is 24.0 Å². The number of hydrogen-bond donors (Lipinski definition) is 0. The van der Waals surface area contributed by atoms with E-state index in [1.165, 1.54) is 13.2 Å². The first-order valence-corrected chi connectivity index (χ1v) is 8.23. The standard InChI is InChI=1S/C20H19NO5/c1-12(2)17-10-15(14-6-4-5-7-16(14)21-17)19(22)25-11-13-8-9-18(26-13)20(23)24-3/h4-10,12H,11H2,1-3H3. The maximum absolute atomic E-state index is 12.6. The summed E-state index contributed by atoms with van der Waals surface area (Å²) in [6, 6.07) is 12.3. The fourth-order valence-corrected chi connectivity index (χ4v) is 2.54. The molecule has 3 aromatic rings. The molecule has 0 saturated carbocycles. The second-order valence-corrected chi connectivity index (χ2v) is 6.10. The molecule has 134 valence electrons. The molecule has 0 aliphatic carbocycles. The third kappa shape index (κ3) is 3.59. The molecule has 0 atom stereocenters. The molecule has 26 heavy (non-hydrogen) atoms. The minimum Gasteiger partial charge on any atom is -0.463 e. The Balaban J connectivity index is 1.83. The highest BCUT2D eigenvalue weighted by molar-refractivity contribution is 6.03. The average Bonchev–Trinajstić information content (AvgIpc) is 3.13. The van der Waals surface area contributed by atoms with Crippen molar-refractivity contribution in [3.05, 3.63) is 65.2 Å². The van der Waals surface area contributed by atoms with Gasteiger partial charge in [-0.05, 0) is 30.2 Å². The van der Waals surface area contributed by atoms with Crippen LogP contribution in [0.5, 0.6) is 0 Å². The van der Waals surface area contributed by atoms with Crippen molar-refractivity contribution in [1.82, 2.24) is 4.98 Å². The summed E-state index contributed by atoms with van der Waals surface area (Å²) >= 11 is 0. The zero-order chi connectivity index (χ0) is 18.7. The quantitative estimate of drug-likeness (QED) is 0.643. The monoisotopic (exact) mass is 353 g/mol. The second-order valence-electron chi connectivity index (χ2n) is 6.10. The Bertz CT molecular complexity index is 958. The van der Waals surface area contributed by atoms with Crippen LogP contribution in [-0.2, 0) is 16.1 Å². The van der Waals surface area contributed by atoms with E-state index in [9.17, 15) is 9.59 Å². The van der Waals surface area contributed by atoms with Crippen LogP contribution in [0.1, 0.15) is 52.1 Å². The Labute approximate surface area is 150 Å². The SMILES string of the molecule is COC(=O)c1ccc(COC(=O)c2cc(C(C)C)nc3ccccc23)o1. The summed E-state index contributed by atoms with van der Waals surface area (Å²) in [6.07, 6.45) is 0. The van der Waals surface area contributed by atoms with Crippen LogP contribution in [0.2, 0.25) is 0 Å². The Hall–Kier alpha value is -3.15. The Morgan fingerprint density at radius 1 is 1.12 bits per heavy atom. The lowest BCUT2D eigenvalue weighted by molar-refractivity contribution is 0.0440. The highest BCUT2D eigenvalue weighted by atomic mass is 16.5. The lowest BCUT2D eigenvalue weighted by atomic mass is 10.0. The highest BCUT2D eigenvalue weighted by Gasteiger charge is 2.17. The predicted molar refractivity (Wildman–Crippen MR) is 95.0 cm³/mol. The highest BCUT2D eigenvalue weighted by Crippen LogP contribution is 2.23. The topological polar surface area (TPSA) is 78.6 Å². The summed E-state index contributed by atoms with van der Waals surface area (Å²) < 4.78 is 15.3. The van der Waals surface area contributed by atoms with E-state index in [0.29, 0.717) is 11.3 Å². The van der Waals surface area contributed by atoms with Crippen molar-refractivity contribution < 1.29 is 23.5 Å². The van der Waals surface area contributed by atoms with Crippen molar-refractivity contribution in [1.29, 1.82) is 0 Å². The molecule has 0 unspecified atom stereocenters. The number of carbonyl (C=O) groups is 2. The van der Waals surface area contributed by atoms with E-state index in [1.54, 1.807) is 12.1 Å². The zero-order valence-electron chi connectivity index (χ0n) is 14.8. The number of nitrogens with zero attached hydrogens (tertiary/aromatic N) is 1. The van der Waals surface area contributed by atoms with Gasteiger partial charge in [0.25, 0.3) is 0 Å². The number of esters is 2. The molecule has 6 heteroatoms. The molecule has 6 nitrogen and oxygen atoms in total. The number of furan rings is 1. The van der Waals surface area contributed by atoms with Gasteiger partial charge in [-0.3, -0.25) is 4.98 Å². The van der Waals surface area contributed by atoms with Gasteiger partial charge in [0.05, 0.1) is 18.2 Å². The molecule has 0 fully saturated rings. The number of rotatable bonds is 5. The number of para-hydroxylation sites is 1. The maximum atomic E-state index is 12.6. The normalized spacial score (nSPS) is 10.9. The Kier molecular flexibility index (Phi) is 5.02. The number of aromatic nitrogens is 1. The summed E-state index contributed by atoms with van der Waals surface area (Å²) in [5.74, 6) is -0.444. The third-order valence-electron chi connectivity index (χ3n) is 3.94. The fourth-order valence-electron chi connectivity index (χ4n) is 2.54. The Morgan fingerprint density at radius 3 is 2.62 bits per heavy atom. The minimum atomic E-state index is -0.579. The van der Waals surface area contributed by atoms with Crippen LogP contribution in [0.3, 0.4) is 0 Å². The smallest absolute Gasteiger partial charge is 0.373 e. The molecule has 0 bridgehead atoms. The number of pyridine rings is 1. The van der Waals surface area contributed by atoms with E-state index < -0.39 is 11.9 Å². The molecule has 0 aliphatic heterocycles. The average molecular weight is 353 g/mol. The number of fused-ring (bicyclic) bond motifs is 1. The zero-order valence-corrected chi connectivity index (χ0v) is 14.8. The largest absolute Gasteiger partial charge is 0.463 e. The van der Waals surface area contributed by atoms with Gasteiger partial charge >= 0.3 is 11.9 Å². The molecule has 0 radical (unpaired) electrons. The van der Waals surface area contributed by atoms with Crippen molar-refractivity contribution in [2.45, 2.75) is 26.4 Å².